The Balaban J connectivity index is 1.21. The first-order valence-corrected chi connectivity index (χ1v) is 14.9. The number of H-pyrrole nitrogens is 1. The van der Waals surface area contributed by atoms with E-state index in [9.17, 15) is 4.79 Å². The largest absolute Gasteiger partial charge is 0.444 e. The molecule has 10 heteroatoms. The number of carbonyl (C=O) groups excluding carboxylic acids is 1. The second-order valence-corrected chi connectivity index (χ2v) is 12.3. The average Bonchev–Trinajstić information content (AvgIpc) is 3.71. The summed E-state index contributed by atoms with van der Waals surface area (Å²) in [5, 5.41) is 8.76. The van der Waals surface area contributed by atoms with Crippen LogP contribution in [-0.4, -0.2) is 67.5 Å². The summed E-state index contributed by atoms with van der Waals surface area (Å²) < 4.78 is 8.01. The molecule has 1 aliphatic carbocycles. The molecule has 0 aliphatic heterocycles. The average molecular weight is 578 g/mol. The summed E-state index contributed by atoms with van der Waals surface area (Å²) in [6.45, 7) is 8.70. The van der Waals surface area contributed by atoms with Crippen molar-refractivity contribution in [1.29, 1.82) is 0 Å². The molecule has 1 saturated carbocycles. The van der Waals surface area contributed by atoms with Crippen LogP contribution in [0.3, 0.4) is 0 Å². The van der Waals surface area contributed by atoms with Crippen LogP contribution < -0.4 is 4.90 Å². The Hall–Kier alpha value is -3.59. The van der Waals surface area contributed by atoms with Gasteiger partial charge >= 0.3 is 6.09 Å². The first-order chi connectivity index (χ1) is 19.8. The first-order valence-electron chi connectivity index (χ1n) is 14.5. The molecule has 1 aliphatic rings. The van der Waals surface area contributed by atoms with E-state index in [2.05, 4.69) is 48.0 Å². The molecule has 1 fully saturated rings. The quantitative estimate of drug-likeness (QED) is 0.204. The molecular weight excluding hydrogens is 538 g/mol. The fraction of sp³-hybridized carbons (Fsp3) is 0.484. The van der Waals surface area contributed by atoms with Gasteiger partial charge < -0.3 is 19.1 Å². The van der Waals surface area contributed by atoms with Crippen molar-refractivity contribution in [3.63, 3.8) is 0 Å². The van der Waals surface area contributed by atoms with Gasteiger partial charge in [-0.3, -0.25) is 5.10 Å². The van der Waals surface area contributed by atoms with Gasteiger partial charge in [0.1, 0.15) is 28.5 Å². The van der Waals surface area contributed by atoms with E-state index in [1.165, 1.54) is 11.9 Å². The van der Waals surface area contributed by atoms with E-state index in [1.54, 1.807) is 6.20 Å². The molecule has 4 aromatic rings. The number of aromatic amines is 1. The summed E-state index contributed by atoms with van der Waals surface area (Å²) in [5.41, 5.74) is 1.57. The Kier molecular flexibility index (Phi) is 9.12. The van der Waals surface area contributed by atoms with Crippen LogP contribution in [0.1, 0.15) is 58.1 Å². The van der Waals surface area contributed by atoms with E-state index < -0.39 is 5.60 Å². The smallest absolute Gasteiger partial charge is 0.410 e. The summed E-state index contributed by atoms with van der Waals surface area (Å²) in [6, 6.07) is 14.7. The number of aromatic nitrogens is 5. The number of nitrogens with one attached hydrogen (secondary N) is 1. The minimum atomic E-state index is -0.536. The number of anilines is 1. The Morgan fingerprint density at radius 2 is 1.93 bits per heavy atom. The lowest BCUT2D eigenvalue weighted by atomic mass is 10.1. The second-order valence-electron chi connectivity index (χ2n) is 11.9. The first kappa shape index (κ1) is 28.9. The molecule has 1 amide bonds. The lowest BCUT2D eigenvalue weighted by Gasteiger charge is -2.30. The van der Waals surface area contributed by atoms with Gasteiger partial charge in [0, 0.05) is 44.5 Å². The van der Waals surface area contributed by atoms with Gasteiger partial charge in [0.05, 0.1) is 11.6 Å². The highest BCUT2D eigenvalue weighted by molar-refractivity contribution is 6.33. The Bertz CT molecular complexity index is 1400. The van der Waals surface area contributed by atoms with Crippen LogP contribution in [0, 0.1) is 5.92 Å². The van der Waals surface area contributed by atoms with Crippen molar-refractivity contribution < 1.29 is 9.53 Å². The number of fused-ring (bicyclic) bond motifs is 1. The Morgan fingerprint density at radius 3 is 2.68 bits per heavy atom. The van der Waals surface area contributed by atoms with Crippen LogP contribution in [0.5, 0.6) is 0 Å². The maximum absolute atomic E-state index is 13.1. The molecule has 0 saturated heterocycles. The van der Waals surface area contributed by atoms with Crippen LogP contribution in [0.25, 0.3) is 11.0 Å². The van der Waals surface area contributed by atoms with Gasteiger partial charge in [0.2, 0.25) is 0 Å². The molecule has 1 N–H and O–H groups in total. The number of hydrogen-bond donors (Lipinski definition) is 1. The molecule has 5 rings (SSSR count). The third-order valence-electron chi connectivity index (χ3n) is 7.69. The maximum Gasteiger partial charge on any atom is 0.410 e. The summed E-state index contributed by atoms with van der Waals surface area (Å²) in [4.78, 5) is 25.9. The van der Waals surface area contributed by atoms with Crippen molar-refractivity contribution in [2.45, 2.75) is 64.5 Å². The predicted octanol–water partition coefficient (Wildman–Crippen LogP) is 6.53. The van der Waals surface area contributed by atoms with Crippen LogP contribution in [-0.2, 0) is 11.2 Å². The number of nitrogens with zero attached hydrogens (tertiary/aromatic N) is 6. The van der Waals surface area contributed by atoms with Gasteiger partial charge in [-0.15, -0.1) is 0 Å². The van der Waals surface area contributed by atoms with E-state index in [-0.39, 0.29) is 6.09 Å². The normalized spacial score (nSPS) is 17.2. The molecule has 2 atom stereocenters. The molecule has 0 radical (unpaired) electrons. The summed E-state index contributed by atoms with van der Waals surface area (Å²) >= 11 is 6.29. The van der Waals surface area contributed by atoms with Gasteiger partial charge in [-0.05, 0) is 70.4 Å². The molecule has 0 spiro atoms. The standard InChI is InChI=1S/C31H40ClN7O2/c1-31(2,3)41-30(40)37(18-13-23-8-5-4-6-9-23)16-7-17-38(27-12-15-35-36-27)21-24-10-11-25(20-24)39-19-14-26-28(32)33-22-34-29(26)39/h4-6,8-9,12,14-15,19,22,24-25H,7,10-11,13,16-18,20-21H2,1-3H3,(H,35,36)/t24-,25+/m1/s1. The fourth-order valence-corrected chi connectivity index (χ4v) is 5.92. The van der Waals surface area contributed by atoms with Crippen molar-refractivity contribution in [3.8, 4) is 0 Å². The lowest BCUT2D eigenvalue weighted by Crippen LogP contribution is -2.40. The van der Waals surface area contributed by atoms with Crippen molar-refractivity contribution in [2.24, 2.45) is 5.92 Å². The van der Waals surface area contributed by atoms with Gasteiger partial charge in [-0.25, -0.2) is 14.8 Å². The highest BCUT2D eigenvalue weighted by Gasteiger charge is 2.29. The van der Waals surface area contributed by atoms with E-state index in [1.807, 2.05) is 56.0 Å². The zero-order valence-electron chi connectivity index (χ0n) is 24.2. The molecule has 41 heavy (non-hydrogen) atoms. The topological polar surface area (TPSA) is 92.2 Å². The number of rotatable bonds is 11. The minimum Gasteiger partial charge on any atom is -0.444 e. The molecule has 0 bridgehead atoms. The van der Waals surface area contributed by atoms with Gasteiger partial charge in [0.15, 0.2) is 0 Å². The van der Waals surface area contributed by atoms with Crippen molar-refractivity contribution in [1.82, 2.24) is 29.6 Å². The number of hydrogen-bond acceptors (Lipinski definition) is 6. The predicted molar refractivity (Wildman–Crippen MR) is 162 cm³/mol. The molecule has 218 valence electrons. The fourth-order valence-electron chi connectivity index (χ4n) is 5.73. The maximum atomic E-state index is 13.1. The third-order valence-corrected chi connectivity index (χ3v) is 8.00. The molecule has 1 aromatic carbocycles. The van der Waals surface area contributed by atoms with Crippen molar-refractivity contribution in [3.05, 3.63) is 71.9 Å². The third kappa shape index (κ3) is 7.58. The molecule has 9 nitrogen and oxygen atoms in total. The Morgan fingerprint density at radius 1 is 1.10 bits per heavy atom. The van der Waals surface area contributed by atoms with E-state index in [0.29, 0.717) is 30.2 Å². The van der Waals surface area contributed by atoms with Crippen LogP contribution >= 0.6 is 11.6 Å². The monoisotopic (exact) mass is 577 g/mol. The Labute approximate surface area is 246 Å². The molecular formula is C31H40ClN7O2. The molecule has 0 unspecified atom stereocenters. The summed E-state index contributed by atoms with van der Waals surface area (Å²) in [5.74, 6) is 1.53. The summed E-state index contributed by atoms with van der Waals surface area (Å²) in [6.07, 6.45) is 10.1. The van der Waals surface area contributed by atoms with E-state index in [0.717, 1.165) is 62.0 Å². The number of ether oxygens (including phenoxy) is 1. The van der Waals surface area contributed by atoms with Gasteiger partial charge in [-0.1, -0.05) is 41.9 Å². The van der Waals surface area contributed by atoms with Crippen LogP contribution in [0.15, 0.2) is 61.2 Å². The minimum absolute atomic E-state index is 0.261. The molecule has 3 aromatic heterocycles. The highest BCUT2D eigenvalue weighted by atomic mass is 35.5. The second kappa shape index (κ2) is 12.9. The zero-order chi connectivity index (χ0) is 28.8. The zero-order valence-corrected chi connectivity index (χ0v) is 24.9. The SMILES string of the molecule is CC(C)(C)OC(=O)N(CCCN(C[C@@H]1CC[C@H](n2ccc3c(Cl)ncnc32)C1)c1ccn[nH]1)CCc1ccccc1. The molecule has 3 heterocycles. The number of carbonyl (C=O) groups is 1. The van der Waals surface area contributed by atoms with Gasteiger partial charge in [0.25, 0.3) is 0 Å². The van der Waals surface area contributed by atoms with Gasteiger partial charge in [-0.2, -0.15) is 5.10 Å². The van der Waals surface area contributed by atoms with E-state index >= 15 is 0 Å². The number of halogens is 1. The van der Waals surface area contributed by atoms with Crippen LogP contribution in [0.2, 0.25) is 5.15 Å². The summed E-state index contributed by atoms with van der Waals surface area (Å²) in [7, 11) is 0. The van der Waals surface area contributed by atoms with Crippen molar-refractivity contribution in [2.75, 3.05) is 31.1 Å². The highest BCUT2D eigenvalue weighted by Crippen LogP contribution is 2.38. The van der Waals surface area contributed by atoms with Crippen LogP contribution in [0.4, 0.5) is 10.6 Å². The number of benzene rings is 1. The van der Waals surface area contributed by atoms with E-state index in [4.69, 9.17) is 16.3 Å². The number of amides is 1. The lowest BCUT2D eigenvalue weighted by molar-refractivity contribution is 0.0250. The van der Waals surface area contributed by atoms with Crippen molar-refractivity contribution >= 4 is 34.5 Å².